The molecule has 0 saturated carbocycles. The second kappa shape index (κ2) is 4.60. The summed E-state index contributed by atoms with van der Waals surface area (Å²) in [5.41, 5.74) is 1.19. The Morgan fingerprint density at radius 2 is 2.17 bits per heavy atom. The van der Waals surface area contributed by atoms with Crippen LogP contribution in [0.5, 0.6) is 5.75 Å². The zero-order valence-corrected chi connectivity index (χ0v) is 10.2. The second-order valence-electron chi connectivity index (χ2n) is 4.36. The Hall–Kier alpha value is -2.17. The standard InChI is InChI=1S/C13H14N2O3/c1-7-11(8(2)16)12(15-13(18)14-7)9-4-3-5-10(17)6-9/h3-6,11-12,17H,1-2H3,(H,15,18). The zero-order valence-electron chi connectivity index (χ0n) is 10.2. The number of aliphatic imine (C=N–C) groups is 1. The number of nitrogens with one attached hydrogen (secondary N) is 1. The van der Waals surface area contributed by atoms with Crippen molar-refractivity contribution in [3.8, 4) is 5.75 Å². The number of benzene rings is 1. The van der Waals surface area contributed by atoms with Crippen LogP contribution in [0.25, 0.3) is 0 Å². The van der Waals surface area contributed by atoms with Crippen molar-refractivity contribution in [2.75, 3.05) is 0 Å². The minimum Gasteiger partial charge on any atom is -0.508 e. The molecule has 2 N–H and O–H groups in total. The van der Waals surface area contributed by atoms with Gasteiger partial charge in [0.25, 0.3) is 0 Å². The predicted octanol–water partition coefficient (Wildman–Crippen LogP) is 1.82. The van der Waals surface area contributed by atoms with Gasteiger partial charge in [0.05, 0.1) is 12.0 Å². The first kappa shape index (κ1) is 12.3. The molecule has 1 heterocycles. The summed E-state index contributed by atoms with van der Waals surface area (Å²) < 4.78 is 0. The number of carbonyl (C=O) groups excluding carboxylic acids is 2. The van der Waals surface area contributed by atoms with Crippen LogP contribution < -0.4 is 5.32 Å². The van der Waals surface area contributed by atoms with E-state index < -0.39 is 18.0 Å². The summed E-state index contributed by atoms with van der Waals surface area (Å²) in [4.78, 5) is 26.9. The monoisotopic (exact) mass is 246 g/mol. The lowest BCUT2D eigenvalue weighted by atomic mass is 9.85. The van der Waals surface area contributed by atoms with Crippen LogP contribution in [0.2, 0.25) is 0 Å². The molecule has 5 nitrogen and oxygen atoms in total. The fourth-order valence-corrected chi connectivity index (χ4v) is 2.24. The van der Waals surface area contributed by atoms with Crippen LogP contribution in [0.3, 0.4) is 0 Å². The number of phenols is 1. The van der Waals surface area contributed by atoms with E-state index in [0.717, 1.165) is 0 Å². The lowest BCUT2D eigenvalue weighted by Gasteiger charge is -2.29. The summed E-state index contributed by atoms with van der Waals surface area (Å²) in [7, 11) is 0. The maximum absolute atomic E-state index is 11.7. The Balaban J connectivity index is 2.44. The van der Waals surface area contributed by atoms with E-state index in [1.54, 1.807) is 25.1 Å². The van der Waals surface area contributed by atoms with E-state index in [-0.39, 0.29) is 11.5 Å². The second-order valence-corrected chi connectivity index (χ2v) is 4.36. The molecule has 1 aromatic rings. The van der Waals surface area contributed by atoms with E-state index in [2.05, 4.69) is 10.3 Å². The first-order valence-corrected chi connectivity index (χ1v) is 5.64. The van der Waals surface area contributed by atoms with E-state index in [9.17, 15) is 14.7 Å². The SMILES string of the molecule is CC(=O)C1C(C)=NC(=O)NC1c1cccc(O)c1. The van der Waals surface area contributed by atoms with Gasteiger partial charge in [0.2, 0.25) is 0 Å². The van der Waals surface area contributed by atoms with Gasteiger partial charge in [-0.1, -0.05) is 12.1 Å². The number of rotatable bonds is 2. The number of carbonyl (C=O) groups is 2. The molecule has 0 saturated heterocycles. The molecule has 5 heteroatoms. The van der Waals surface area contributed by atoms with Crippen LogP contribution >= 0.6 is 0 Å². The van der Waals surface area contributed by atoms with E-state index >= 15 is 0 Å². The molecule has 2 atom stereocenters. The molecule has 2 unspecified atom stereocenters. The third-order valence-electron chi connectivity index (χ3n) is 3.01. The van der Waals surface area contributed by atoms with Crippen molar-refractivity contribution in [3.63, 3.8) is 0 Å². The molecule has 2 amide bonds. The van der Waals surface area contributed by atoms with Crippen LogP contribution in [0.15, 0.2) is 29.3 Å². The number of hydrogen-bond donors (Lipinski definition) is 2. The number of hydrogen-bond acceptors (Lipinski definition) is 3. The summed E-state index contributed by atoms with van der Waals surface area (Å²) in [6, 6.07) is 5.59. The molecule has 94 valence electrons. The zero-order chi connectivity index (χ0) is 13.3. The van der Waals surface area contributed by atoms with Gasteiger partial charge in [0.15, 0.2) is 0 Å². The fourth-order valence-electron chi connectivity index (χ4n) is 2.24. The number of phenolic OH excluding ortho intramolecular Hbond substituents is 1. The van der Waals surface area contributed by atoms with Crippen molar-refractivity contribution < 1.29 is 14.7 Å². The van der Waals surface area contributed by atoms with Gasteiger partial charge in [-0.2, -0.15) is 0 Å². The Morgan fingerprint density at radius 1 is 1.44 bits per heavy atom. The van der Waals surface area contributed by atoms with Crippen molar-refractivity contribution in [1.82, 2.24) is 5.32 Å². The van der Waals surface area contributed by atoms with Gasteiger partial charge in [-0.25, -0.2) is 9.79 Å². The van der Waals surface area contributed by atoms with Crippen LogP contribution in [0, 0.1) is 5.92 Å². The summed E-state index contributed by atoms with van der Waals surface area (Å²) in [6.07, 6.45) is 0. The highest BCUT2D eigenvalue weighted by molar-refractivity contribution is 6.09. The number of aromatic hydroxyl groups is 1. The molecule has 0 radical (unpaired) electrons. The summed E-state index contributed by atoms with van der Waals surface area (Å²) >= 11 is 0. The first-order valence-electron chi connectivity index (χ1n) is 5.64. The summed E-state index contributed by atoms with van der Waals surface area (Å²) in [5, 5.41) is 12.1. The molecule has 1 aromatic carbocycles. The first-order chi connectivity index (χ1) is 8.49. The number of amides is 2. The third kappa shape index (κ3) is 2.25. The molecular formula is C13H14N2O3. The van der Waals surface area contributed by atoms with Crippen molar-refractivity contribution >= 4 is 17.5 Å². The minimum absolute atomic E-state index is 0.0652. The third-order valence-corrected chi connectivity index (χ3v) is 3.01. The molecule has 0 aliphatic carbocycles. The molecule has 0 bridgehead atoms. The molecule has 1 aliphatic rings. The van der Waals surface area contributed by atoms with Gasteiger partial charge in [0, 0.05) is 5.71 Å². The number of nitrogens with zero attached hydrogens (tertiary/aromatic N) is 1. The maximum Gasteiger partial charge on any atom is 0.341 e. The maximum atomic E-state index is 11.7. The topological polar surface area (TPSA) is 78.8 Å². The highest BCUT2D eigenvalue weighted by Crippen LogP contribution is 2.29. The van der Waals surface area contributed by atoms with Gasteiger partial charge in [-0.15, -0.1) is 0 Å². The highest BCUT2D eigenvalue weighted by Gasteiger charge is 2.34. The molecular weight excluding hydrogens is 232 g/mol. The summed E-state index contributed by atoms with van der Waals surface area (Å²) in [6.45, 7) is 3.14. The van der Waals surface area contributed by atoms with Crippen molar-refractivity contribution in [3.05, 3.63) is 29.8 Å². The van der Waals surface area contributed by atoms with Gasteiger partial charge in [-0.3, -0.25) is 4.79 Å². The average Bonchev–Trinajstić information content (AvgIpc) is 2.27. The minimum atomic E-state index is -0.482. The quantitative estimate of drug-likeness (QED) is 0.835. The van der Waals surface area contributed by atoms with Gasteiger partial charge >= 0.3 is 6.03 Å². The Labute approximate surface area is 105 Å². The molecule has 0 spiro atoms. The van der Waals surface area contributed by atoms with E-state index in [1.807, 2.05) is 0 Å². The van der Waals surface area contributed by atoms with Crippen molar-refractivity contribution in [2.45, 2.75) is 19.9 Å². The number of ketones is 1. The van der Waals surface area contributed by atoms with Crippen LogP contribution in [0.1, 0.15) is 25.5 Å². The largest absolute Gasteiger partial charge is 0.508 e. The van der Waals surface area contributed by atoms with E-state index in [1.165, 1.54) is 13.0 Å². The average molecular weight is 246 g/mol. The smallest absolute Gasteiger partial charge is 0.341 e. The van der Waals surface area contributed by atoms with Crippen molar-refractivity contribution in [1.29, 1.82) is 0 Å². The number of Topliss-reactive ketones (excluding diaryl/α,β-unsaturated/α-hetero) is 1. The molecule has 2 rings (SSSR count). The Morgan fingerprint density at radius 3 is 2.78 bits per heavy atom. The molecule has 0 aromatic heterocycles. The highest BCUT2D eigenvalue weighted by atomic mass is 16.3. The van der Waals surface area contributed by atoms with Gasteiger partial charge < -0.3 is 10.4 Å². The van der Waals surface area contributed by atoms with Gasteiger partial charge in [0.1, 0.15) is 11.5 Å². The molecule has 0 fully saturated rings. The molecule has 1 aliphatic heterocycles. The normalized spacial score (nSPS) is 23.2. The summed E-state index contributed by atoms with van der Waals surface area (Å²) in [5.74, 6) is -0.446. The van der Waals surface area contributed by atoms with Crippen LogP contribution in [0.4, 0.5) is 4.79 Å². The van der Waals surface area contributed by atoms with Gasteiger partial charge in [-0.05, 0) is 31.5 Å². The lowest BCUT2D eigenvalue weighted by molar-refractivity contribution is -0.119. The Bertz CT molecular complexity index is 537. The van der Waals surface area contributed by atoms with Crippen LogP contribution in [-0.2, 0) is 4.79 Å². The fraction of sp³-hybridized carbons (Fsp3) is 0.308. The number of urea groups is 1. The Kier molecular flexibility index (Phi) is 3.14. The van der Waals surface area contributed by atoms with Crippen molar-refractivity contribution in [2.24, 2.45) is 10.9 Å². The molecule has 18 heavy (non-hydrogen) atoms. The van der Waals surface area contributed by atoms with Crippen LogP contribution in [-0.4, -0.2) is 22.6 Å². The predicted molar refractivity (Wildman–Crippen MR) is 66.7 cm³/mol. The lowest BCUT2D eigenvalue weighted by Crippen LogP contribution is -2.42. The van der Waals surface area contributed by atoms with E-state index in [0.29, 0.717) is 11.3 Å². The van der Waals surface area contributed by atoms with E-state index in [4.69, 9.17) is 0 Å².